The average molecular weight is 179 g/mol. The summed E-state index contributed by atoms with van der Waals surface area (Å²) in [7, 11) is 1.94. The zero-order valence-electron chi connectivity index (χ0n) is 8.74. The van der Waals surface area contributed by atoms with Gasteiger partial charge in [-0.3, -0.25) is 0 Å². The number of benzene rings is 1. The normalized spacial score (nSPS) is 10.9. The van der Waals surface area contributed by atoms with E-state index in [9.17, 15) is 0 Å². The van der Waals surface area contributed by atoms with Crippen LogP contribution in [0.25, 0.3) is 0 Å². The van der Waals surface area contributed by atoms with E-state index >= 15 is 0 Å². The van der Waals surface area contributed by atoms with Gasteiger partial charge in [-0.2, -0.15) is 0 Å². The van der Waals surface area contributed by atoms with Crippen LogP contribution in [0, 0.1) is 6.92 Å². The molecule has 0 radical (unpaired) electrons. The van der Waals surface area contributed by atoms with Gasteiger partial charge in [-0.25, -0.2) is 0 Å². The maximum absolute atomic E-state index is 5.64. The highest BCUT2D eigenvalue weighted by molar-refractivity contribution is 5.31. The van der Waals surface area contributed by atoms with Gasteiger partial charge in [0.2, 0.25) is 0 Å². The summed E-state index contributed by atoms with van der Waals surface area (Å²) in [5, 5.41) is 1.85. The van der Waals surface area contributed by atoms with E-state index < -0.39 is 0 Å². The molecule has 0 aromatic heterocycles. The predicted molar refractivity (Wildman–Crippen MR) is 54.7 cm³/mol. The molecule has 0 saturated carbocycles. The monoisotopic (exact) mass is 179 g/mol. The zero-order chi connectivity index (χ0) is 9.84. The van der Waals surface area contributed by atoms with E-state index in [-0.39, 0.29) is 0 Å². The number of hydroxylamine groups is 2. The van der Waals surface area contributed by atoms with Crippen LogP contribution in [-0.2, 0) is 0 Å². The first-order chi connectivity index (χ1) is 6.11. The lowest BCUT2D eigenvalue weighted by molar-refractivity contribution is -0.0597. The maximum atomic E-state index is 5.64. The van der Waals surface area contributed by atoms with E-state index in [1.165, 1.54) is 0 Å². The molecule has 2 nitrogen and oxygen atoms in total. The molecule has 0 fully saturated rings. The molecule has 0 atom stereocenters. The minimum atomic E-state index is 0.389. The van der Waals surface area contributed by atoms with Crippen molar-refractivity contribution < 1.29 is 4.84 Å². The van der Waals surface area contributed by atoms with Crippen LogP contribution in [0.1, 0.15) is 19.4 Å². The zero-order valence-corrected chi connectivity index (χ0v) is 8.74. The Labute approximate surface area is 80.1 Å². The Hall–Kier alpha value is -1.02. The van der Waals surface area contributed by atoms with E-state index in [0.29, 0.717) is 6.04 Å². The molecule has 2 heteroatoms. The molecule has 0 aliphatic rings. The highest BCUT2D eigenvalue weighted by atomic mass is 16.7. The largest absolute Gasteiger partial charge is 0.406 e. The van der Waals surface area contributed by atoms with Gasteiger partial charge in [0, 0.05) is 13.1 Å². The fourth-order valence-electron chi connectivity index (χ4n) is 0.919. The lowest BCUT2D eigenvalue weighted by atomic mass is 10.2. The molecule has 0 spiro atoms. The lowest BCUT2D eigenvalue weighted by Crippen LogP contribution is -2.29. The number of rotatable bonds is 3. The van der Waals surface area contributed by atoms with Crippen LogP contribution in [-0.4, -0.2) is 18.2 Å². The van der Waals surface area contributed by atoms with Crippen LogP contribution in [0.5, 0.6) is 5.75 Å². The number of hydrogen-bond acceptors (Lipinski definition) is 2. The number of para-hydroxylation sites is 1. The van der Waals surface area contributed by atoms with Crippen molar-refractivity contribution in [3.8, 4) is 5.75 Å². The van der Waals surface area contributed by atoms with Gasteiger partial charge in [0.25, 0.3) is 0 Å². The Morgan fingerprint density at radius 2 is 1.85 bits per heavy atom. The van der Waals surface area contributed by atoms with Crippen molar-refractivity contribution in [2.45, 2.75) is 26.8 Å². The summed E-state index contributed by atoms with van der Waals surface area (Å²) in [6, 6.07) is 8.41. The molecule has 0 unspecified atom stereocenters. The van der Waals surface area contributed by atoms with Crippen molar-refractivity contribution in [3.63, 3.8) is 0 Å². The van der Waals surface area contributed by atoms with E-state index in [1.54, 1.807) is 0 Å². The molecule has 1 aromatic rings. The summed E-state index contributed by atoms with van der Waals surface area (Å²) in [6.45, 7) is 6.24. The van der Waals surface area contributed by atoms with Crippen molar-refractivity contribution in [2.75, 3.05) is 7.05 Å². The van der Waals surface area contributed by atoms with Crippen LogP contribution >= 0.6 is 0 Å². The second kappa shape index (κ2) is 4.28. The molecule has 0 aliphatic heterocycles. The summed E-state index contributed by atoms with van der Waals surface area (Å²) in [5.74, 6) is 0.929. The molecule has 0 amide bonds. The van der Waals surface area contributed by atoms with Gasteiger partial charge in [0.1, 0.15) is 5.75 Å². The average Bonchev–Trinajstić information content (AvgIpc) is 2.08. The molecule has 0 heterocycles. The second-order valence-corrected chi connectivity index (χ2v) is 3.50. The van der Waals surface area contributed by atoms with Crippen molar-refractivity contribution >= 4 is 0 Å². The van der Waals surface area contributed by atoms with Crippen LogP contribution in [0.15, 0.2) is 24.3 Å². The highest BCUT2D eigenvalue weighted by Crippen LogP contribution is 2.17. The third kappa shape index (κ3) is 2.74. The third-order valence-corrected chi connectivity index (χ3v) is 2.06. The smallest absolute Gasteiger partial charge is 0.150 e. The summed E-state index contributed by atoms with van der Waals surface area (Å²) in [4.78, 5) is 5.64. The Morgan fingerprint density at radius 1 is 1.23 bits per heavy atom. The van der Waals surface area contributed by atoms with E-state index in [2.05, 4.69) is 13.8 Å². The molecule has 72 valence electrons. The minimum Gasteiger partial charge on any atom is -0.406 e. The SMILES string of the molecule is Cc1ccccc1ON(C)C(C)C. The van der Waals surface area contributed by atoms with Crippen molar-refractivity contribution in [1.82, 2.24) is 5.06 Å². The first kappa shape index (κ1) is 10.1. The summed E-state index contributed by atoms with van der Waals surface area (Å²) < 4.78 is 0. The van der Waals surface area contributed by atoms with Crippen LogP contribution in [0.3, 0.4) is 0 Å². The van der Waals surface area contributed by atoms with Crippen molar-refractivity contribution in [1.29, 1.82) is 0 Å². The van der Waals surface area contributed by atoms with E-state index in [4.69, 9.17) is 4.84 Å². The first-order valence-electron chi connectivity index (χ1n) is 4.57. The molecule has 1 rings (SSSR count). The van der Waals surface area contributed by atoms with Gasteiger partial charge in [0.05, 0.1) is 0 Å². The third-order valence-electron chi connectivity index (χ3n) is 2.06. The highest BCUT2D eigenvalue weighted by Gasteiger charge is 2.06. The van der Waals surface area contributed by atoms with Gasteiger partial charge >= 0.3 is 0 Å². The van der Waals surface area contributed by atoms with E-state index in [0.717, 1.165) is 11.3 Å². The van der Waals surface area contributed by atoms with Gasteiger partial charge < -0.3 is 4.84 Å². The predicted octanol–water partition coefficient (Wildman–Crippen LogP) is 2.63. The molecular weight excluding hydrogens is 162 g/mol. The molecule has 0 saturated heterocycles. The van der Waals surface area contributed by atoms with Crippen molar-refractivity contribution in [3.05, 3.63) is 29.8 Å². The lowest BCUT2D eigenvalue weighted by Gasteiger charge is -2.22. The number of hydrogen-bond donors (Lipinski definition) is 0. The Morgan fingerprint density at radius 3 is 2.38 bits per heavy atom. The summed E-state index contributed by atoms with van der Waals surface area (Å²) >= 11 is 0. The van der Waals surface area contributed by atoms with Crippen LogP contribution in [0.2, 0.25) is 0 Å². The Kier molecular flexibility index (Phi) is 3.32. The van der Waals surface area contributed by atoms with E-state index in [1.807, 2.05) is 43.3 Å². The molecule has 13 heavy (non-hydrogen) atoms. The second-order valence-electron chi connectivity index (χ2n) is 3.50. The van der Waals surface area contributed by atoms with Gasteiger partial charge in [-0.15, -0.1) is 5.06 Å². The standard InChI is InChI=1S/C11H17NO/c1-9(2)12(4)13-11-8-6-5-7-10(11)3/h5-9H,1-4H3. The van der Waals surface area contributed by atoms with Gasteiger partial charge in [-0.05, 0) is 32.4 Å². The summed E-state index contributed by atoms with van der Waals surface area (Å²) in [5.41, 5.74) is 1.16. The summed E-state index contributed by atoms with van der Waals surface area (Å²) in [6.07, 6.45) is 0. The van der Waals surface area contributed by atoms with Crippen LogP contribution < -0.4 is 4.84 Å². The Balaban J connectivity index is 2.69. The molecular formula is C11H17NO. The number of nitrogens with zero attached hydrogens (tertiary/aromatic N) is 1. The number of aryl methyl sites for hydroxylation is 1. The maximum Gasteiger partial charge on any atom is 0.150 e. The molecule has 0 N–H and O–H groups in total. The molecule has 1 aromatic carbocycles. The molecule has 0 aliphatic carbocycles. The fraction of sp³-hybridized carbons (Fsp3) is 0.455. The first-order valence-corrected chi connectivity index (χ1v) is 4.57. The molecule has 0 bridgehead atoms. The topological polar surface area (TPSA) is 12.5 Å². The van der Waals surface area contributed by atoms with Crippen LogP contribution in [0.4, 0.5) is 0 Å². The van der Waals surface area contributed by atoms with Gasteiger partial charge in [0.15, 0.2) is 0 Å². The quantitative estimate of drug-likeness (QED) is 0.661. The van der Waals surface area contributed by atoms with Crippen molar-refractivity contribution in [2.24, 2.45) is 0 Å². The Bertz CT molecular complexity index is 271. The fourth-order valence-corrected chi connectivity index (χ4v) is 0.919. The minimum absolute atomic E-state index is 0.389. The van der Waals surface area contributed by atoms with Gasteiger partial charge in [-0.1, -0.05) is 18.2 Å².